The quantitative estimate of drug-likeness (QED) is 0.176. The van der Waals surface area contributed by atoms with Crippen LogP contribution in [0, 0.1) is 0 Å². The molecule has 5 heteroatoms. The van der Waals surface area contributed by atoms with Gasteiger partial charge in [0, 0.05) is 5.57 Å². The second-order valence-electron chi connectivity index (χ2n) is 3.37. The summed E-state index contributed by atoms with van der Waals surface area (Å²) in [5.41, 5.74) is 0.404. The van der Waals surface area contributed by atoms with E-state index in [0.29, 0.717) is 30.7 Å². The Labute approximate surface area is 101 Å². The summed E-state index contributed by atoms with van der Waals surface area (Å²) in [6.45, 7) is 6.84. The minimum atomic E-state index is -2.19. The summed E-state index contributed by atoms with van der Waals surface area (Å²) in [5, 5.41) is 0. The van der Waals surface area contributed by atoms with E-state index in [0.717, 1.165) is 0 Å². The maximum Gasteiger partial charge on any atom is 0.333 e. The van der Waals surface area contributed by atoms with E-state index in [2.05, 4.69) is 13.2 Å². The van der Waals surface area contributed by atoms with Gasteiger partial charge in [0.05, 0.1) is 6.61 Å². The highest BCUT2D eigenvalue weighted by Gasteiger charge is 2.25. The molecule has 15 heavy (non-hydrogen) atoms. The Hall–Kier alpha value is -0.253. The molecule has 86 valence electrons. The number of carbonyl (C=O) groups excluding carboxylic acids is 1. The molecule has 0 heterocycles. The lowest BCUT2D eigenvalue weighted by Crippen LogP contribution is -2.18. The Morgan fingerprint density at radius 1 is 1.53 bits per heavy atom. The number of hydrogen-bond donors (Lipinski definition) is 0. The first kappa shape index (κ1) is 14.7. The predicted molar refractivity (Wildman–Crippen MR) is 67.7 cm³/mol. The van der Waals surface area contributed by atoms with Crippen LogP contribution in [0.5, 0.6) is 0 Å². The lowest BCUT2D eigenvalue weighted by Gasteiger charge is -2.13. The zero-order valence-corrected chi connectivity index (χ0v) is 11.4. The van der Waals surface area contributed by atoms with E-state index in [-0.39, 0.29) is 5.97 Å². The van der Waals surface area contributed by atoms with Gasteiger partial charge in [-0.05, 0) is 25.4 Å². The number of esters is 1. The molecule has 0 unspecified atom stereocenters. The fourth-order valence-corrected chi connectivity index (χ4v) is 3.68. The lowest BCUT2D eigenvalue weighted by molar-refractivity contribution is -0.138. The average Bonchev–Trinajstić information content (AvgIpc) is 2.11. The van der Waals surface area contributed by atoms with Crippen molar-refractivity contribution in [1.82, 2.24) is 0 Å². The minimum Gasteiger partial charge on any atom is -0.462 e. The van der Waals surface area contributed by atoms with E-state index in [1.54, 1.807) is 13.0 Å². The van der Waals surface area contributed by atoms with Crippen LogP contribution in [0.2, 0.25) is 12.1 Å². The Balaban J connectivity index is 3.66. The molecule has 0 spiro atoms. The van der Waals surface area contributed by atoms with Crippen LogP contribution >= 0.6 is 22.2 Å². The monoisotopic (exact) mass is 266 g/mol. The van der Waals surface area contributed by atoms with E-state index >= 15 is 0 Å². The number of ether oxygens (including phenoxy) is 1. The van der Waals surface area contributed by atoms with Gasteiger partial charge < -0.3 is 4.74 Å². The molecule has 0 fully saturated rings. The highest BCUT2D eigenvalue weighted by Crippen LogP contribution is 2.27. The fourth-order valence-electron chi connectivity index (χ4n) is 0.932. The number of rotatable bonds is 7. The Morgan fingerprint density at radius 2 is 2.13 bits per heavy atom. The first-order valence-corrected chi connectivity index (χ1v) is 9.14. The van der Waals surface area contributed by atoms with Gasteiger partial charge in [-0.25, -0.2) is 4.79 Å². The van der Waals surface area contributed by atoms with Crippen molar-refractivity contribution < 1.29 is 9.53 Å². The molecule has 0 radical (unpaired) electrons. The van der Waals surface area contributed by atoms with Crippen molar-refractivity contribution in [3.8, 4) is 0 Å². The zero-order valence-electron chi connectivity index (χ0n) is 8.89. The minimum absolute atomic E-state index is 0.344. The van der Waals surface area contributed by atoms with Crippen LogP contribution in [-0.4, -0.2) is 19.3 Å². The highest BCUT2D eigenvalue weighted by molar-refractivity contribution is 7.45. The topological polar surface area (TPSA) is 26.3 Å². The third-order valence-corrected chi connectivity index (χ3v) is 5.74. The molecule has 2 nitrogen and oxygen atoms in total. The first-order chi connectivity index (χ1) is 6.89. The molecule has 0 aromatic heterocycles. The van der Waals surface area contributed by atoms with Crippen LogP contribution in [-0.2, 0) is 9.53 Å². The highest BCUT2D eigenvalue weighted by atomic mass is 35.7. The van der Waals surface area contributed by atoms with Gasteiger partial charge in [0.2, 0.25) is 0 Å². The molecule has 0 bridgehead atoms. The smallest absolute Gasteiger partial charge is 0.333 e. The van der Waals surface area contributed by atoms with E-state index in [1.165, 1.54) is 0 Å². The molecule has 0 aliphatic rings. The normalized spacial score (nSPS) is 10.9. The van der Waals surface area contributed by atoms with Gasteiger partial charge in [-0.3, -0.25) is 0 Å². The van der Waals surface area contributed by atoms with Crippen LogP contribution in [0.1, 0.15) is 13.3 Å². The van der Waals surface area contributed by atoms with E-state index in [9.17, 15) is 4.79 Å². The SMILES string of the molecule is C=CC[Si](Cl)(Cl)CCCOC(=O)C(=C)C. The van der Waals surface area contributed by atoms with Crippen molar-refractivity contribution in [2.24, 2.45) is 0 Å². The summed E-state index contributed by atoms with van der Waals surface area (Å²) in [5.74, 6) is -0.366. The maximum atomic E-state index is 11.0. The molecule has 0 rings (SSSR count). The van der Waals surface area contributed by atoms with Crippen LogP contribution in [0.3, 0.4) is 0 Å². The van der Waals surface area contributed by atoms with Gasteiger partial charge in [-0.2, -0.15) is 0 Å². The van der Waals surface area contributed by atoms with E-state index < -0.39 is 6.69 Å². The van der Waals surface area contributed by atoms with Crippen LogP contribution < -0.4 is 0 Å². The second-order valence-corrected chi connectivity index (χ2v) is 10.9. The van der Waals surface area contributed by atoms with Gasteiger partial charge in [-0.15, -0.1) is 28.7 Å². The van der Waals surface area contributed by atoms with Crippen molar-refractivity contribution in [1.29, 1.82) is 0 Å². The molecule has 0 N–H and O–H groups in total. The Morgan fingerprint density at radius 3 is 2.60 bits per heavy atom. The second kappa shape index (κ2) is 7.09. The number of hydrogen-bond acceptors (Lipinski definition) is 2. The first-order valence-electron chi connectivity index (χ1n) is 4.70. The third kappa shape index (κ3) is 7.65. The summed E-state index contributed by atoms with van der Waals surface area (Å²) in [7, 11) is 0. The molecule has 0 saturated carbocycles. The summed E-state index contributed by atoms with van der Waals surface area (Å²) >= 11 is 12.2. The summed E-state index contributed by atoms with van der Waals surface area (Å²) in [6.07, 6.45) is 2.41. The lowest BCUT2D eigenvalue weighted by atomic mass is 10.4. The Kier molecular flexibility index (Phi) is 6.97. The van der Waals surface area contributed by atoms with Crippen molar-refractivity contribution in [3.05, 3.63) is 24.8 Å². The zero-order chi connectivity index (χ0) is 11.9. The van der Waals surface area contributed by atoms with Gasteiger partial charge >= 0.3 is 5.97 Å². The summed E-state index contributed by atoms with van der Waals surface area (Å²) in [4.78, 5) is 11.0. The van der Waals surface area contributed by atoms with Crippen LogP contribution in [0.25, 0.3) is 0 Å². The summed E-state index contributed by atoms with van der Waals surface area (Å²) in [6, 6.07) is 1.36. The molecular weight excluding hydrogens is 251 g/mol. The number of carbonyl (C=O) groups is 1. The van der Waals surface area contributed by atoms with Crippen LogP contribution in [0.4, 0.5) is 0 Å². The average molecular weight is 267 g/mol. The molecule has 0 saturated heterocycles. The summed E-state index contributed by atoms with van der Waals surface area (Å²) < 4.78 is 4.92. The van der Waals surface area contributed by atoms with Gasteiger partial charge in [-0.1, -0.05) is 12.7 Å². The maximum absolute atomic E-state index is 11.0. The van der Waals surface area contributed by atoms with Gasteiger partial charge in [0.15, 0.2) is 0 Å². The molecule has 0 aliphatic heterocycles. The Bertz CT molecular complexity index is 252. The fraction of sp³-hybridized carbons (Fsp3) is 0.500. The van der Waals surface area contributed by atoms with Crippen molar-refractivity contribution in [3.63, 3.8) is 0 Å². The number of halogens is 2. The van der Waals surface area contributed by atoms with Crippen molar-refractivity contribution in [2.45, 2.75) is 25.4 Å². The van der Waals surface area contributed by atoms with E-state index in [1.807, 2.05) is 0 Å². The largest absolute Gasteiger partial charge is 0.462 e. The predicted octanol–water partition coefficient (Wildman–Crippen LogP) is 3.60. The molecule has 0 aliphatic carbocycles. The molecule has 0 atom stereocenters. The molecular formula is C10H16Cl2O2Si. The van der Waals surface area contributed by atoms with Gasteiger partial charge in [0.1, 0.15) is 0 Å². The van der Waals surface area contributed by atoms with E-state index in [4.69, 9.17) is 26.9 Å². The third-order valence-electron chi connectivity index (χ3n) is 1.71. The van der Waals surface area contributed by atoms with Gasteiger partial charge in [0.25, 0.3) is 6.69 Å². The molecule has 0 amide bonds. The number of allylic oxidation sites excluding steroid dienone is 1. The molecule has 0 aromatic rings. The molecule has 0 aromatic carbocycles. The van der Waals surface area contributed by atoms with Crippen LogP contribution in [0.15, 0.2) is 24.8 Å². The standard InChI is InChI=1S/C10H16Cl2O2Si/c1-4-7-15(11,12)8-5-6-14-10(13)9(2)3/h4H,1-2,5-8H2,3H3. The van der Waals surface area contributed by atoms with Crippen molar-refractivity contribution >= 4 is 34.8 Å². The van der Waals surface area contributed by atoms with Crippen molar-refractivity contribution in [2.75, 3.05) is 6.61 Å².